The summed E-state index contributed by atoms with van der Waals surface area (Å²) < 4.78 is 32.0. The highest BCUT2D eigenvalue weighted by atomic mass is 32.3. The maximum Gasteiger partial charge on any atom is 0.217 e. The number of likely N-dealkylation sites (N-methyl/N-ethyl adjacent to an activating group) is 1. The van der Waals surface area contributed by atoms with Crippen LogP contribution in [0.4, 0.5) is 0 Å². The van der Waals surface area contributed by atoms with E-state index in [4.69, 9.17) is 0 Å². The minimum absolute atomic E-state index is 0.0255. The summed E-state index contributed by atoms with van der Waals surface area (Å²) in [5.41, 5.74) is 1.69. The van der Waals surface area contributed by atoms with E-state index in [0.717, 1.165) is 37.5 Å². The molecule has 2 unspecified atom stereocenters. The zero-order chi connectivity index (χ0) is 23.2. The molecule has 0 aromatic heterocycles. The zero-order valence-corrected chi connectivity index (χ0v) is 20.0. The minimum Gasteiger partial charge on any atom is -0.726 e. The van der Waals surface area contributed by atoms with Crippen LogP contribution in [-0.4, -0.2) is 51.0 Å². The Morgan fingerprint density at radius 1 is 1.23 bits per heavy atom. The number of benzene rings is 1. The van der Waals surface area contributed by atoms with Gasteiger partial charge in [-0.25, -0.2) is 8.42 Å². The lowest BCUT2D eigenvalue weighted by Crippen LogP contribution is -2.38. The summed E-state index contributed by atoms with van der Waals surface area (Å²) >= 11 is 0. The highest BCUT2D eigenvalue weighted by molar-refractivity contribution is 7.80. The van der Waals surface area contributed by atoms with E-state index in [1.54, 1.807) is 0 Å². The van der Waals surface area contributed by atoms with Crippen LogP contribution in [0.15, 0.2) is 43.0 Å². The Kier molecular flexibility index (Phi) is 8.99. The number of nitrogens with zero attached hydrogens (tertiary/aromatic N) is 1. The molecule has 30 heavy (non-hydrogen) atoms. The molecule has 0 amide bonds. The van der Waals surface area contributed by atoms with Crippen LogP contribution in [0.25, 0.3) is 0 Å². The Hall–Kier alpha value is -1.54. The molecule has 2 bridgehead atoms. The van der Waals surface area contributed by atoms with Crippen LogP contribution in [0, 0.1) is 16.7 Å². The second-order valence-electron chi connectivity index (χ2n) is 9.54. The van der Waals surface area contributed by atoms with Crippen LogP contribution in [0.3, 0.4) is 0 Å². The number of carbonyl (C=O) groups is 1. The summed E-state index contributed by atoms with van der Waals surface area (Å²) in [6.07, 6.45) is 5.23. The molecule has 1 aromatic rings. The van der Waals surface area contributed by atoms with Crippen molar-refractivity contribution in [1.29, 1.82) is 0 Å². The van der Waals surface area contributed by atoms with E-state index in [1.165, 1.54) is 12.0 Å². The standard InChI is InChI=1S/C12H18N.C10H16O.CH4O4S/c1-4-10-13(2,3)11-12-8-6-5-7-9-12;1-9(2)7-4-5-10(9,3)8(11)6-7;1-5-6(2,3)4/h4-9H,1,10-11H2,2-3H3;7H,4-6H2,1-3H3;1H3,(H,2,3,4)/q+1;;/p-1. The lowest BCUT2D eigenvalue weighted by atomic mass is 9.70. The third kappa shape index (κ3) is 7.01. The number of carbonyl (C=O) groups excluding carboxylic acids is 1. The Morgan fingerprint density at radius 3 is 2.07 bits per heavy atom. The van der Waals surface area contributed by atoms with Gasteiger partial charge in [0, 0.05) is 17.4 Å². The van der Waals surface area contributed by atoms with Gasteiger partial charge < -0.3 is 9.04 Å². The molecular weight excluding hydrogens is 402 g/mol. The first-order valence-corrected chi connectivity index (χ1v) is 11.5. The number of ketones is 1. The predicted octanol–water partition coefficient (Wildman–Crippen LogP) is 3.94. The Labute approximate surface area is 182 Å². The predicted molar refractivity (Wildman–Crippen MR) is 118 cm³/mol. The molecule has 0 spiro atoms. The summed E-state index contributed by atoms with van der Waals surface area (Å²) in [5, 5.41) is 0. The molecule has 2 saturated carbocycles. The van der Waals surface area contributed by atoms with E-state index in [0.29, 0.717) is 11.7 Å². The minimum atomic E-state index is -4.41. The van der Waals surface area contributed by atoms with Gasteiger partial charge in [0.2, 0.25) is 10.4 Å². The van der Waals surface area contributed by atoms with Gasteiger partial charge in [0.15, 0.2) is 0 Å². The number of hydrogen-bond donors (Lipinski definition) is 0. The van der Waals surface area contributed by atoms with Gasteiger partial charge in [-0.2, -0.15) is 0 Å². The molecule has 2 aliphatic rings. The Bertz CT molecular complexity index is 817. The van der Waals surface area contributed by atoms with E-state index in [9.17, 15) is 17.8 Å². The molecular formula is C23H37NO5S. The summed E-state index contributed by atoms with van der Waals surface area (Å²) in [4.78, 5) is 11.6. The number of Topliss-reactive ketones (excluding diaryl/α,β-unsaturated/α-hetero) is 1. The summed E-state index contributed by atoms with van der Waals surface area (Å²) in [6, 6.07) is 10.6. The Morgan fingerprint density at radius 2 is 1.77 bits per heavy atom. The lowest BCUT2D eigenvalue weighted by molar-refractivity contribution is -0.897. The van der Waals surface area contributed by atoms with Crippen LogP contribution in [0.5, 0.6) is 0 Å². The maximum atomic E-state index is 11.6. The maximum absolute atomic E-state index is 11.6. The number of fused-ring (bicyclic) bond motifs is 2. The molecule has 0 saturated heterocycles. The molecule has 2 fully saturated rings. The van der Waals surface area contributed by atoms with Crippen molar-refractivity contribution in [3.63, 3.8) is 0 Å². The van der Waals surface area contributed by atoms with Gasteiger partial charge in [0.05, 0.1) is 27.7 Å². The second kappa shape index (κ2) is 10.2. The van der Waals surface area contributed by atoms with Gasteiger partial charge >= 0.3 is 0 Å². The molecule has 7 heteroatoms. The molecule has 0 heterocycles. The van der Waals surface area contributed by atoms with Gasteiger partial charge in [0.25, 0.3) is 0 Å². The zero-order valence-electron chi connectivity index (χ0n) is 19.2. The monoisotopic (exact) mass is 439 g/mol. The first-order chi connectivity index (χ1) is 13.7. The van der Waals surface area contributed by atoms with Crippen molar-refractivity contribution in [1.82, 2.24) is 0 Å². The first-order valence-electron chi connectivity index (χ1n) is 10.2. The largest absolute Gasteiger partial charge is 0.726 e. The highest BCUT2D eigenvalue weighted by Crippen LogP contribution is 2.63. The van der Waals surface area contributed by atoms with Crippen LogP contribution >= 0.6 is 0 Å². The number of rotatable bonds is 5. The molecule has 2 atom stereocenters. The highest BCUT2D eigenvalue weighted by Gasteiger charge is 2.61. The Balaban J connectivity index is 0.000000241. The van der Waals surface area contributed by atoms with Crippen molar-refractivity contribution in [2.45, 2.75) is 46.6 Å². The van der Waals surface area contributed by atoms with Crippen molar-refractivity contribution in [3.05, 3.63) is 48.6 Å². The van der Waals surface area contributed by atoms with Crippen molar-refractivity contribution >= 4 is 16.2 Å². The number of hydrogen-bond acceptors (Lipinski definition) is 5. The molecule has 0 radical (unpaired) electrons. The molecule has 3 rings (SSSR count). The van der Waals surface area contributed by atoms with E-state index in [2.05, 4.69) is 76.0 Å². The van der Waals surface area contributed by atoms with Crippen LogP contribution < -0.4 is 0 Å². The van der Waals surface area contributed by atoms with E-state index in [-0.39, 0.29) is 10.8 Å². The van der Waals surface area contributed by atoms with Crippen molar-refractivity contribution in [3.8, 4) is 0 Å². The average molecular weight is 440 g/mol. The smallest absolute Gasteiger partial charge is 0.217 e. The molecule has 170 valence electrons. The van der Waals surface area contributed by atoms with Crippen molar-refractivity contribution in [2.75, 3.05) is 27.7 Å². The summed E-state index contributed by atoms with van der Waals surface area (Å²) in [5.74, 6) is 1.19. The lowest BCUT2D eigenvalue weighted by Gasteiger charge is -2.32. The van der Waals surface area contributed by atoms with Crippen LogP contribution in [-0.2, 0) is 25.9 Å². The van der Waals surface area contributed by atoms with Crippen molar-refractivity contribution in [2.24, 2.45) is 16.7 Å². The van der Waals surface area contributed by atoms with Gasteiger partial charge in [0.1, 0.15) is 12.3 Å². The average Bonchev–Trinajstić information content (AvgIpc) is 2.96. The van der Waals surface area contributed by atoms with Crippen LogP contribution in [0.1, 0.15) is 45.6 Å². The van der Waals surface area contributed by atoms with Gasteiger partial charge in [-0.1, -0.05) is 57.7 Å². The third-order valence-electron chi connectivity index (χ3n) is 6.76. The van der Waals surface area contributed by atoms with Crippen LogP contribution in [0.2, 0.25) is 0 Å². The molecule has 0 aliphatic heterocycles. The second-order valence-corrected chi connectivity index (χ2v) is 10.7. The van der Waals surface area contributed by atoms with E-state index in [1.807, 2.05) is 6.08 Å². The van der Waals surface area contributed by atoms with Gasteiger partial charge in [-0.15, -0.1) is 0 Å². The molecule has 2 aliphatic carbocycles. The van der Waals surface area contributed by atoms with Crippen molar-refractivity contribution < 1.29 is 26.4 Å². The normalized spacial score (nSPS) is 24.4. The van der Waals surface area contributed by atoms with Gasteiger partial charge in [-0.3, -0.25) is 8.98 Å². The number of quaternary nitrogens is 1. The molecule has 0 N–H and O–H groups in total. The van der Waals surface area contributed by atoms with E-state index < -0.39 is 10.4 Å². The fraction of sp³-hybridized carbons (Fsp3) is 0.609. The summed E-state index contributed by atoms with van der Waals surface area (Å²) in [7, 11) is 0.830. The molecule has 1 aromatic carbocycles. The third-order valence-corrected chi connectivity index (χ3v) is 7.17. The quantitative estimate of drug-likeness (QED) is 0.300. The fourth-order valence-electron chi connectivity index (χ4n) is 4.39. The first kappa shape index (κ1) is 26.5. The SMILES string of the molecule is C=CC[N+](C)(C)Cc1ccccc1.CC12CCC(CC1=O)C2(C)C.COS(=O)(=O)[O-]. The fourth-order valence-corrected chi connectivity index (χ4v) is 4.39. The topological polar surface area (TPSA) is 83.5 Å². The molecule has 6 nitrogen and oxygen atoms in total. The summed E-state index contributed by atoms with van der Waals surface area (Å²) in [6.45, 7) is 12.5. The van der Waals surface area contributed by atoms with Gasteiger partial charge in [-0.05, 0) is 30.3 Å². The van der Waals surface area contributed by atoms with E-state index >= 15 is 0 Å².